The fourth-order valence-corrected chi connectivity index (χ4v) is 3.35. The molecule has 3 aromatic carbocycles. The van der Waals surface area contributed by atoms with E-state index in [0.29, 0.717) is 5.56 Å². The third-order valence-corrected chi connectivity index (χ3v) is 4.60. The molecule has 3 nitrogen and oxygen atoms in total. The molecule has 0 aliphatic carbocycles. The van der Waals surface area contributed by atoms with Crippen LogP contribution in [0.1, 0.15) is 10.4 Å². The van der Waals surface area contributed by atoms with Crippen molar-refractivity contribution in [3.63, 3.8) is 0 Å². The second kappa shape index (κ2) is 5.73. The number of hydrogen-bond acceptors (Lipinski definition) is 2. The van der Waals surface area contributed by atoms with Gasteiger partial charge in [0.05, 0.1) is 16.8 Å². The van der Waals surface area contributed by atoms with Crippen LogP contribution in [0.25, 0.3) is 32.9 Å². The molecule has 0 unspecified atom stereocenters. The molecule has 0 aliphatic heterocycles. The molecule has 4 heteroatoms. The number of benzene rings is 3. The summed E-state index contributed by atoms with van der Waals surface area (Å²) in [5.41, 5.74) is 8.56. The molecule has 0 fully saturated rings. The van der Waals surface area contributed by atoms with Crippen molar-refractivity contribution in [2.24, 2.45) is 5.73 Å². The number of halogens is 1. The molecule has 1 amide bonds. The lowest BCUT2D eigenvalue weighted by Crippen LogP contribution is -2.12. The molecule has 4 aromatic rings. The predicted molar refractivity (Wildman–Crippen MR) is 101 cm³/mol. The number of pyridine rings is 1. The Morgan fingerprint density at radius 3 is 2.54 bits per heavy atom. The summed E-state index contributed by atoms with van der Waals surface area (Å²) in [6.45, 7) is 0. The first kappa shape index (κ1) is 14.8. The van der Waals surface area contributed by atoms with E-state index in [4.69, 9.17) is 10.7 Å². The van der Waals surface area contributed by atoms with E-state index in [1.807, 2.05) is 42.5 Å². The van der Waals surface area contributed by atoms with Crippen molar-refractivity contribution in [2.45, 2.75) is 0 Å². The first-order valence-electron chi connectivity index (χ1n) is 7.52. The van der Waals surface area contributed by atoms with Crippen molar-refractivity contribution in [3.8, 4) is 11.3 Å². The maximum absolute atomic E-state index is 12.0. The molecule has 0 saturated carbocycles. The van der Waals surface area contributed by atoms with Crippen LogP contribution in [-0.4, -0.2) is 10.9 Å². The minimum atomic E-state index is -0.456. The van der Waals surface area contributed by atoms with Gasteiger partial charge in [-0.25, -0.2) is 4.98 Å². The number of fused-ring (bicyclic) bond motifs is 2. The minimum absolute atomic E-state index is 0.456. The Bertz CT molecular complexity index is 1100. The number of rotatable bonds is 2. The van der Waals surface area contributed by atoms with Crippen LogP contribution in [0, 0.1) is 0 Å². The summed E-state index contributed by atoms with van der Waals surface area (Å²) in [4.78, 5) is 16.7. The van der Waals surface area contributed by atoms with Crippen LogP contribution in [0.4, 0.5) is 0 Å². The lowest BCUT2D eigenvalue weighted by Gasteiger charge is -2.10. The van der Waals surface area contributed by atoms with Gasteiger partial charge in [-0.3, -0.25) is 4.79 Å². The topological polar surface area (TPSA) is 56.0 Å². The molecule has 1 aromatic heterocycles. The maximum atomic E-state index is 12.0. The Hall–Kier alpha value is -2.72. The highest BCUT2D eigenvalue weighted by Gasteiger charge is 2.13. The summed E-state index contributed by atoms with van der Waals surface area (Å²) in [5, 5.41) is 2.98. The standard InChI is InChI=1S/C20H13BrN2O/c21-13-8-9-18-16(10-13)17(20(22)24)11-19(23-18)15-7-3-5-12-4-1-2-6-14(12)15/h1-11H,(H2,22,24). The highest BCUT2D eigenvalue weighted by molar-refractivity contribution is 9.10. The fourth-order valence-electron chi connectivity index (χ4n) is 2.99. The van der Waals surface area contributed by atoms with Crippen molar-refractivity contribution in [2.75, 3.05) is 0 Å². The van der Waals surface area contributed by atoms with Crippen molar-refractivity contribution < 1.29 is 4.79 Å². The Morgan fingerprint density at radius 1 is 0.917 bits per heavy atom. The van der Waals surface area contributed by atoms with Gasteiger partial charge in [-0.15, -0.1) is 0 Å². The number of amides is 1. The van der Waals surface area contributed by atoms with Crippen LogP contribution < -0.4 is 5.73 Å². The van der Waals surface area contributed by atoms with Gasteiger partial charge in [-0.05, 0) is 35.0 Å². The molecule has 0 bridgehead atoms. The number of carbonyl (C=O) groups excluding carboxylic acids is 1. The average molecular weight is 377 g/mol. The number of nitrogens with zero attached hydrogens (tertiary/aromatic N) is 1. The molecular weight excluding hydrogens is 364 g/mol. The van der Waals surface area contributed by atoms with Crippen molar-refractivity contribution in [1.82, 2.24) is 4.98 Å². The SMILES string of the molecule is NC(=O)c1cc(-c2cccc3ccccc23)nc2ccc(Br)cc12. The molecule has 2 N–H and O–H groups in total. The van der Waals surface area contributed by atoms with E-state index in [-0.39, 0.29) is 0 Å². The Balaban J connectivity index is 2.07. The third kappa shape index (κ3) is 2.45. The third-order valence-electron chi connectivity index (χ3n) is 4.10. The van der Waals surface area contributed by atoms with E-state index < -0.39 is 5.91 Å². The zero-order valence-electron chi connectivity index (χ0n) is 12.7. The van der Waals surface area contributed by atoms with Gasteiger partial charge in [0, 0.05) is 15.4 Å². The summed E-state index contributed by atoms with van der Waals surface area (Å²) in [6, 6.07) is 21.6. The van der Waals surface area contributed by atoms with Crippen LogP contribution in [0.3, 0.4) is 0 Å². The predicted octanol–water partition coefficient (Wildman–Crippen LogP) is 4.92. The van der Waals surface area contributed by atoms with Gasteiger partial charge >= 0.3 is 0 Å². The summed E-state index contributed by atoms with van der Waals surface area (Å²) in [6.07, 6.45) is 0. The summed E-state index contributed by atoms with van der Waals surface area (Å²) in [7, 11) is 0. The van der Waals surface area contributed by atoms with E-state index >= 15 is 0 Å². The minimum Gasteiger partial charge on any atom is -0.366 e. The summed E-state index contributed by atoms with van der Waals surface area (Å²) >= 11 is 3.43. The van der Waals surface area contributed by atoms with Gasteiger partial charge in [0.1, 0.15) is 0 Å². The molecular formula is C20H13BrN2O. The van der Waals surface area contributed by atoms with Crippen molar-refractivity contribution in [1.29, 1.82) is 0 Å². The van der Waals surface area contributed by atoms with Gasteiger partial charge in [0.2, 0.25) is 5.91 Å². The van der Waals surface area contributed by atoms with Crippen LogP contribution in [0.2, 0.25) is 0 Å². The van der Waals surface area contributed by atoms with Crippen LogP contribution in [0.15, 0.2) is 71.2 Å². The number of aromatic nitrogens is 1. The van der Waals surface area contributed by atoms with Crippen LogP contribution >= 0.6 is 15.9 Å². The molecule has 24 heavy (non-hydrogen) atoms. The van der Waals surface area contributed by atoms with Crippen LogP contribution in [0.5, 0.6) is 0 Å². The zero-order chi connectivity index (χ0) is 16.7. The van der Waals surface area contributed by atoms with Crippen molar-refractivity contribution >= 4 is 43.5 Å². The maximum Gasteiger partial charge on any atom is 0.249 e. The average Bonchev–Trinajstić information content (AvgIpc) is 2.60. The lowest BCUT2D eigenvalue weighted by molar-refractivity contribution is 0.100. The van der Waals surface area contributed by atoms with E-state index in [1.165, 1.54) is 0 Å². The second-order valence-electron chi connectivity index (χ2n) is 5.61. The van der Waals surface area contributed by atoms with Gasteiger partial charge in [0.15, 0.2) is 0 Å². The molecule has 0 spiro atoms. The monoisotopic (exact) mass is 376 g/mol. The molecule has 0 radical (unpaired) electrons. The number of carbonyl (C=O) groups is 1. The Morgan fingerprint density at radius 2 is 1.71 bits per heavy atom. The molecule has 1 heterocycles. The van der Waals surface area contributed by atoms with E-state index in [0.717, 1.165) is 37.4 Å². The first-order valence-corrected chi connectivity index (χ1v) is 8.31. The number of hydrogen-bond donors (Lipinski definition) is 1. The number of nitrogens with two attached hydrogens (primary N) is 1. The number of primary amides is 1. The molecule has 4 rings (SSSR count). The molecule has 0 saturated heterocycles. The van der Waals surface area contributed by atoms with Crippen molar-refractivity contribution in [3.05, 3.63) is 76.8 Å². The van der Waals surface area contributed by atoms with E-state index in [2.05, 4.69) is 34.1 Å². The molecule has 0 atom stereocenters. The lowest BCUT2D eigenvalue weighted by atomic mass is 9.99. The van der Waals surface area contributed by atoms with Crippen LogP contribution in [-0.2, 0) is 0 Å². The fraction of sp³-hybridized carbons (Fsp3) is 0. The highest BCUT2D eigenvalue weighted by Crippen LogP contribution is 2.31. The van der Waals surface area contributed by atoms with E-state index in [1.54, 1.807) is 6.07 Å². The zero-order valence-corrected chi connectivity index (χ0v) is 14.2. The Labute approximate surface area is 147 Å². The van der Waals surface area contributed by atoms with Gasteiger partial charge in [-0.2, -0.15) is 0 Å². The first-order chi connectivity index (χ1) is 11.6. The smallest absolute Gasteiger partial charge is 0.249 e. The van der Waals surface area contributed by atoms with Gasteiger partial charge < -0.3 is 5.73 Å². The molecule has 116 valence electrons. The summed E-state index contributed by atoms with van der Waals surface area (Å²) < 4.78 is 0.886. The summed E-state index contributed by atoms with van der Waals surface area (Å²) in [5.74, 6) is -0.456. The molecule has 0 aliphatic rings. The second-order valence-corrected chi connectivity index (χ2v) is 6.52. The van der Waals surface area contributed by atoms with E-state index in [9.17, 15) is 4.79 Å². The quantitative estimate of drug-likeness (QED) is 0.539. The van der Waals surface area contributed by atoms with Gasteiger partial charge in [-0.1, -0.05) is 58.4 Å². The normalized spacial score (nSPS) is 11.0. The highest BCUT2D eigenvalue weighted by atomic mass is 79.9. The Kier molecular flexibility index (Phi) is 3.54. The van der Waals surface area contributed by atoms with Gasteiger partial charge in [0.25, 0.3) is 0 Å². The largest absolute Gasteiger partial charge is 0.366 e.